The van der Waals surface area contributed by atoms with Gasteiger partial charge in [0.05, 0.1) is 0 Å². The van der Waals surface area contributed by atoms with Gasteiger partial charge in [-0.05, 0) is 88.4 Å². The van der Waals surface area contributed by atoms with Crippen molar-refractivity contribution < 1.29 is 56.7 Å². The van der Waals surface area contributed by atoms with Gasteiger partial charge >= 0.3 is 45.2 Å². The number of hydrogen-bond donors (Lipinski definition) is 0. The summed E-state index contributed by atoms with van der Waals surface area (Å²) >= 11 is 0. The van der Waals surface area contributed by atoms with Crippen molar-refractivity contribution in [3.63, 3.8) is 0 Å². The molecule has 0 heterocycles. The maximum atomic E-state index is 7.50. The van der Waals surface area contributed by atoms with Gasteiger partial charge in [0.15, 0.2) is 0 Å². The van der Waals surface area contributed by atoms with Crippen LogP contribution in [0.3, 0.4) is 0 Å². The second kappa shape index (κ2) is 30.3. The van der Waals surface area contributed by atoms with Crippen LogP contribution in [0.1, 0.15) is 0 Å². The summed E-state index contributed by atoms with van der Waals surface area (Å²) in [5.74, 6) is 0. The van der Waals surface area contributed by atoms with Crippen LogP contribution in [0, 0.1) is 89.3 Å². The molecule has 0 saturated heterocycles. The fraction of sp³-hybridized carbons (Fsp3) is 0. The van der Waals surface area contributed by atoms with E-state index in [2.05, 4.69) is 199 Å². The topological polar surface area (TPSA) is 79.6 Å². The molecule has 0 unspecified atom stereocenters. The van der Waals surface area contributed by atoms with Crippen LogP contribution in [0.5, 0.6) is 0 Å². The van der Waals surface area contributed by atoms with Crippen molar-refractivity contribution in [3.05, 3.63) is 211 Å². The first-order valence-electron chi connectivity index (χ1n) is 13.0. The molecule has 0 bridgehead atoms. The molecule has 4 aromatic rings. The molecule has 2 aliphatic rings. The number of rotatable bonds is 6. The van der Waals surface area contributed by atoms with Gasteiger partial charge in [-0.1, -0.05) is 121 Å². The molecule has 10 radical (unpaired) electrons. The molecular formula is C38H28FeO4P2W. The van der Waals surface area contributed by atoms with E-state index in [4.69, 9.17) is 18.6 Å². The van der Waals surface area contributed by atoms with Gasteiger partial charge in [0.2, 0.25) is 0 Å². The predicted octanol–water partition coefficient (Wildman–Crippen LogP) is 6.81. The zero-order chi connectivity index (χ0) is 32.4. The summed E-state index contributed by atoms with van der Waals surface area (Å²) in [7, 11) is -0.818. The van der Waals surface area contributed by atoms with Gasteiger partial charge in [0.25, 0.3) is 0 Å². The van der Waals surface area contributed by atoms with Crippen LogP contribution < -0.4 is 21.2 Å². The van der Waals surface area contributed by atoms with E-state index in [1.165, 1.54) is 32.5 Å². The second-order valence-electron chi connectivity index (χ2n) is 8.30. The van der Waals surface area contributed by atoms with Crippen LogP contribution in [-0.4, -0.2) is 0 Å². The minimum absolute atomic E-state index is 0. The average Bonchev–Trinajstić information content (AvgIpc) is 3.87. The molecule has 2 fully saturated rings. The molecule has 2 aliphatic carbocycles. The number of hydrogen-bond acceptors (Lipinski definition) is 0. The Hall–Kier alpha value is -2.09. The van der Waals surface area contributed by atoms with E-state index in [1.807, 2.05) is 0 Å². The Morgan fingerprint density at radius 3 is 0.674 bits per heavy atom. The normalized spacial score (nSPS) is 12.9. The van der Waals surface area contributed by atoms with Crippen LogP contribution in [0.4, 0.5) is 0 Å². The van der Waals surface area contributed by atoms with E-state index in [1.54, 1.807) is 0 Å². The Balaban J connectivity index is 0. The smallest absolute Gasteiger partial charge is 0.0161 e. The molecule has 0 N–H and O–H groups in total. The first-order chi connectivity index (χ1) is 21.9. The van der Waals surface area contributed by atoms with Crippen molar-refractivity contribution in [1.82, 2.24) is 0 Å². The molecule has 4 aromatic carbocycles. The van der Waals surface area contributed by atoms with Crippen LogP contribution in [0.15, 0.2) is 121 Å². The fourth-order valence-corrected chi connectivity index (χ4v) is 8.84. The summed E-state index contributed by atoms with van der Waals surface area (Å²) in [6, 6.07) is 43.1. The minimum atomic E-state index is -0.409. The van der Waals surface area contributed by atoms with Crippen molar-refractivity contribution in [3.8, 4) is 0 Å². The fourth-order valence-electron chi connectivity index (χ4n) is 4.23. The molecule has 2 saturated carbocycles. The molecule has 0 aliphatic heterocycles. The third-order valence-electron chi connectivity index (χ3n) is 5.86. The second-order valence-corrected chi connectivity index (χ2v) is 12.7. The monoisotopic (exact) mass is 850 g/mol. The summed E-state index contributed by atoms with van der Waals surface area (Å²) in [4.78, 5) is 0. The average molecular weight is 850 g/mol. The van der Waals surface area contributed by atoms with Crippen molar-refractivity contribution in [2.24, 2.45) is 0 Å². The zero-order valence-corrected chi connectivity index (χ0v) is 30.3. The molecule has 228 valence electrons. The maximum Gasteiger partial charge on any atom is 0.0161 e. The van der Waals surface area contributed by atoms with E-state index in [9.17, 15) is 0 Å². The van der Waals surface area contributed by atoms with Crippen LogP contribution in [0.25, 0.3) is 0 Å². The Morgan fingerprint density at radius 1 is 0.326 bits per heavy atom. The zero-order valence-electron chi connectivity index (χ0n) is 24.5. The van der Waals surface area contributed by atoms with E-state index < -0.39 is 15.8 Å². The van der Waals surface area contributed by atoms with Crippen molar-refractivity contribution >= 4 is 37.1 Å². The molecule has 0 amide bonds. The third-order valence-corrected chi connectivity index (χ3v) is 10.8. The Kier molecular flexibility index (Phi) is 30.3. The molecule has 0 aromatic heterocycles. The summed E-state index contributed by atoms with van der Waals surface area (Å²) < 4.78 is 30.0. The molecule has 0 atom stereocenters. The quantitative estimate of drug-likeness (QED) is 0.0886. The van der Waals surface area contributed by atoms with Crippen molar-refractivity contribution in [1.29, 1.82) is 0 Å². The van der Waals surface area contributed by atoms with Gasteiger partial charge in [-0.2, -0.15) is 0 Å². The van der Waals surface area contributed by atoms with Gasteiger partial charge < -0.3 is 0 Å². The maximum absolute atomic E-state index is 7.50. The van der Waals surface area contributed by atoms with E-state index in [0.29, 0.717) is 0 Å². The van der Waals surface area contributed by atoms with Crippen LogP contribution in [-0.2, 0) is 56.7 Å². The van der Waals surface area contributed by atoms with Gasteiger partial charge in [-0.3, -0.25) is 0 Å². The van der Waals surface area contributed by atoms with Crippen molar-refractivity contribution in [2.45, 2.75) is 0 Å². The molecule has 0 spiro atoms. The Labute approximate surface area is 302 Å². The van der Waals surface area contributed by atoms with Crippen LogP contribution >= 0.6 is 15.8 Å². The molecular weight excluding hydrogens is 822 g/mol. The van der Waals surface area contributed by atoms with E-state index >= 15 is 0 Å². The minimum Gasteiger partial charge on any atom is -0.0622 e. The first kappa shape index (κ1) is 46.0. The van der Waals surface area contributed by atoms with Gasteiger partial charge in [0.1, 0.15) is 0 Å². The summed E-state index contributed by atoms with van der Waals surface area (Å²) in [5.41, 5.74) is 2.84. The predicted molar refractivity (Wildman–Crippen MR) is 175 cm³/mol. The van der Waals surface area contributed by atoms with Gasteiger partial charge in [-0.25, -0.2) is 0 Å². The Bertz CT molecular complexity index is 1140. The third kappa shape index (κ3) is 15.2. The first-order valence-corrected chi connectivity index (χ1v) is 15.6. The van der Waals surface area contributed by atoms with Gasteiger partial charge in [-0.15, -0.1) is 0 Å². The Morgan fingerprint density at radius 2 is 0.500 bits per heavy atom. The molecule has 8 heteroatoms. The number of benzene rings is 4. The SMILES string of the molecule is [C-]#[O+].[C-]#[O+].[C-]#[O+].[C-]#[O+].[CH]1[CH][CH][C](P(c2ccccc2)c2ccccc2)[CH]1.[CH]1[CH][CH][C](P(c2ccccc2)c2ccccc2)[CH]1.[Fe].[W]. The van der Waals surface area contributed by atoms with E-state index in [0.717, 1.165) is 0 Å². The van der Waals surface area contributed by atoms with Crippen molar-refractivity contribution in [2.75, 3.05) is 0 Å². The van der Waals surface area contributed by atoms with Gasteiger partial charge in [0, 0.05) is 49.5 Å². The molecule has 6 rings (SSSR count). The van der Waals surface area contributed by atoms with E-state index in [-0.39, 0.29) is 38.1 Å². The summed E-state index contributed by atoms with van der Waals surface area (Å²) in [6.45, 7) is 18.0. The summed E-state index contributed by atoms with van der Waals surface area (Å²) in [6.07, 6.45) is 17.4. The van der Waals surface area contributed by atoms with Crippen LogP contribution in [0.2, 0.25) is 0 Å². The molecule has 4 nitrogen and oxygen atoms in total. The largest absolute Gasteiger partial charge is 0.0622 e. The molecule has 46 heavy (non-hydrogen) atoms. The standard InChI is InChI=1S/2C17H14P.4CO.Fe.W/c2*1-3-9-15(10-4-1)18(17-13-7-8-14-17)16-11-5-2-6-12-16;4*1-2;;/h2*1-14H;;;;;;. The summed E-state index contributed by atoms with van der Waals surface area (Å²) in [5, 5.41) is 5.63.